The summed E-state index contributed by atoms with van der Waals surface area (Å²) in [4.78, 5) is 40.6. The number of carboxylic acids is 1. The van der Waals surface area contributed by atoms with Crippen molar-refractivity contribution >= 4 is 49.4 Å². The van der Waals surface area contributed by atoms with E-state index in [4.69, 9.17) is 14.2 Å². The van der Waals surface area contributed by atoms with Gasteiger partial charge in [-0.3, -0.25) is 23.5 Å². The van der Waals surface area contributed by atoms with Crippen LogP contribution >= 0.6 is 0 Å². The number of carboxylic acid groups (broad SMARTS) is 1. The van der Waals surface area contributed by atoms with E-state index >= 15 is 0 Å². The van der Waals surface area contributed by atoms with Gasteiger partial charge in [-0.2, -0.15) is 21.4 Å². The van der Waals surface area contributed by atoms with Gasteiger partial charge in [-0.15, -0.1) is 0 Å². The maximum Gasteiger partial charge on any atom is 0.303 e. The number of aromatic nitrogens is 1. The molecule has 0 saturated heterocycles. The quantitative estimate of drug-likeness (QED) is 0.106. The number of unbranched alkanes of at least 4 members (excludes halogenated alkanes) is 2. The zero-order valence-electron chi connectivity index (χ0n) is 24.7. The van der Waals surface area contributed by atoms with Gasteiger partial charge in [-0.25, -0.2) is 4.98 Å². The van der Waals surface area contributed by atoms with Crippen LogP contribution in [-0.2, 0) is 30.4 Å². The van der Waals surface area contributed by atoms with Crippen LogP contribution in [0.1, 0.15) is 73.0 Å². The Hall–Kier alpha value is -3.73. The zero-order valence-corrected chi connectivity index (χ0v) is 26.3. The Kier molecular flexibility index (Phi) is 11.0. The van der Waals surface area contributed by atoms with E-state index in [1.54, 1.807) is 0 Å². The Labute approximate surface area is 256 Å². The number of aliphatic carboxylic acids is 1. The summed E-state index contributed by atoms with van der Waals surface area (Å²) in [6.07, 6.45) is 2.29. The fourth-order valence-corrected chi connectivity index (χ4v) is 5.59. The molecular formula is C28H37N4O10S2+. The van der Waals surface area contributed by atoms with Crippen molar-refractivity contribution < 1.29 is 50.0 Å². The molecule has 5 N–H and O–H groups in total. The first-order valence-corrected chi connectivity index (χ1v) is 17.1. The molecule has 3 rings (SSSR count). The molecule has 2 aromatic rings. The van der Waals surface area contributed by atoms with E-state index < -0.39 is 62.6 Å². The molecule has 44 heavy (non-hydrogen) atoms. The van der Waals surface area contributed by atoms with Gasteiger partial charge in [0.25, 0.3) is 32.1 Å². The van der Waals surface area contributed by atoms with Crippen molar-refractivity contribution in [2.75, 3.05) is 31.1 Å². The van der Waals surface area contributed by atoms with Crippen LogP contribution in [0.15, 0.2) is 30.3 Å². The number of hydrogen-bond acceptors (Lipinski definition) is 8. The Balaban J connectivity index is 1.95. The standard InChI is InChI=1S/C28H36N4O10S2/c1-18-28(2,3)21-15-19(8-9-24(21)32(18)12-6-4-5-7-25(33)34)20-16-22(26(35)29-10-13-43(37,38)39)31-23(17-20)27(36)30-11-14-44(40,41)42/h8-9,15-17H,4-7,10-14H2,1-3H3,(H4-,29,30,33,34,35,36,37,38,39,40,41,42)/p+1. The van der Waals surface area contributed by atoms with Crippen LogP contribution in [0.5, 0.6) is 0 Å². The highest BCUT2D eigenvalue weighted by Gasteiger charge is 2.43. The highest BCUT2D eigenvalue weighted by atomic mass is 32.2. The van der Waals surface area contributed by atoms with Crippen molar-refractivity contribution in [2.45, 2.75) is 51.9 Å². The summed E-state index contributed by atoms with van der Waals surface area (Å²) in [7, 11) is -8.67. The molecule has 1 aliphatic heterocycles. The Morgan fingerprint density at radius 1 is 0.841 bits per heavy atom. The fourth-order valence-electron chi connectivity index (χ4n) is 4.87. The van der Waals surface area contributed by atoms with Crippen molar-refractivity contribution in [3.8, 4) is 11.1 Å². The third-order valence-corrected chi connectivity index (χ3v) is 8.90. The minimum atomic E-state index is -4.33. The van der Waals surface area contributed by atoms with Crippen LogP contribution < -0.4 is 10.6 Å². The lowest BCUT2D eigenvalue weighted by molar-refractivity contribution is -0.439. The van der Waals surface area contributed by atoms with Crippen LogP contribution in [0.25, 0.3) is 11.1 Å². The first kappa shape index (κ1) is 34.8. The smallest absolute Gasteiger partial charge is 0.303 e. The number of nitrogens with zero attached hydrogens (tertiary/aromatic N) is 2. The Bertz CT molecular complexity index is 1630. The van der Waals surface area contributed by atoms with Gasteiger partial charge in [-0.05, 0) is 62.1 Å². The van der Waals surface area contributed by atoms with Crippen LogP contribution in [0.4, 0.5) is 5.69 Å². The van der Waals surface area contributed by atoms with Crippen molar-refractivity contribution in [1.82, 2.24) is 15.6 Å². The molecule has 1 aromatic carbocycles. The second-order valence-corrected chi connectivity index (χ2v) is 14.2. The molecule has 0 unspecified atom stereocenters. The van der Waals surface area contributed by atoms with Gasteiger partial charge in [0, 0.05) is 44.5 Å². The van der Waals surface area contributed by atoms with Crippen LogP contribution in [0, 0.1) is 0 Å². The number of rotatable bonds is 15. The molecule has 0 spiro atoms. The van der Waals surface area contributed by atoms with Crippen molar-refractivity contribution in [3.63, 3.8) is 0 Å². The maximum atomic E-state index is 12.9. The molecule has 0 aliphatic carbocycles. The van der Waals surface area contributed by atoms with E-state index in [2.05, 4.69) is 34.0 Å². The lowest BCUT2D eigenvalue weighted by Gasteiger charge is -2.16. The number of pyridine rings is 1. The number of carbonyl (C=O) groups is 3. The van der Waals surface area contributed by atoms with Crippen molar-refractivity contribution in [2.24, 2.45) is 0 Å². The van der Waals surface area contributed by atoms with Crippen LogP contribution in [-0.4, -0.2) is 95.2 Å². The fraction of sp³-hybridized carbons (Fsp3) is 0.464. The molecule has 1 aromatic heterocycles. The van der Waals surface area contributed by atoms with Gasteiger partial charge < -0.3 is 15.7 Å². The first-order valence-electron chi connectivity index (χ1n) is 13.9. The molecule has 0 radical (unpaired) electrons. The van der Waals surface area contributed by atoms with E-state index in [1.165, 1.54) is 12.1 Å². The summed E-state index contributed by atoms with van der Waals surface area (Å²) < 4.78 is 64.4. The number of benzene rings is 1. The van der Waals surface area contributed by atoms with Gasteiger partial charge in [0.1, 0.15) is 17.9 Å². The SMILES string of the molecule is CC1=[N+](CCCCCC(=O)O)c2ccc(-c3cc(C(=O)NCCS(=O)(=O)O)nc(C(=O)NCCS(=O)(=O)O)c3)cc2C1(C)C. The van der Waals surface area contributed by atoms with Crippen molar-refractivity contribution in [1.29, 1.82) is 0 Å². The van der Waals surface area contributed by atoms with E-state index in [0.717, 1.165) is 29.8 Å². The maximum absolute atomic E-state index is 12.9. The molecule has 16 heteroatoms. The molecule has 2 heterocycles. The molecular weight excluding hydrogens is 616 g/mol. The van der Waals surface area contributed by atoms with E-state index in [0.29, 0.717) is 24.1 Å². The molecule has 0 bridgehead atoms. The predicted octanol–water partition coefficient (Wildman–Crippen LogP) is 2.02. The topological polar surface area (TPSA) is 220 Å². The number of carbonyl (C=O) groups excluding carboxylic acids is 2. The summed E-state index contributed by atoms with van der Waals surface area (Å²) in [6.45, 7) is 6.07. The molecule has 2 amide bonds. The number of fused-ring (bicyclic) bond motifs is 1. The summed E-state index contributed by atoms with van der Waals surface area (Å²) in [5, 5.41) is 13.6. The largest absolute Gasteiger partial charge is 0.481 e. The molecule has 1 aliphatic rings. The summed E-state index contributed by atoms with van der Waals surface area (Å²) in [5.41, 5.74) is 3.35. The van der Waals surface area contributed by atoms with E-state index in [1.807, 2.05) is 25.1 Å². The third-order valence-electron chi connectivity index (χ3n) is 7.46. The van der Waals surface area contributed by atoms with Crippen LogP contribution in [0.2, 0.25) is 0 Å². The van der Waals surface area contributed by atoms with Gasteiger partial charge in [-0.1, -0.05) is 0 Å². The minimum Gasteiger partial charge on any atom is -0.481 e. The second-order valence-electron chi connectivity index (χ2n) is 11.0. The lowest BCUT2D eigenvalue weighted by Crippen LogP contribution is -2.32. The van der Waals surface area contributed by atoms with Gasteiger partial charge >= 0.3 is 5.97 Å². The number of nitrogens with one attached hydrogen (secondary N) is 2. The van der Waals surface area contributed by atoms with E-state index in [9.17, 15) is 31.2 Å². The van der Waals surface area contributed by atoms with Gasteiger partial charge in [0.15, 0.2) is 5.71 Å². The Morgan fingerprint density at radius 3 is 1.89 bits per heavy atom. The minimum absolute atomic E-state index is 0.126. The van der Waals surface area contributed by atoms with Crippen LogP contribution in [0.3, 0.4) is 0 Å². The monoisotopic (exact) mass is 653 g/mol. The normalized spacial score (nSPS) is 14.3. The number of amides is 2. The molecule has 0 atom stereocenters. The molecule has 240 valence electrons. The van der Waals surface area contributed by atoms with Gasteiger partial charge in [0.05, 0.1) is 16.9 Å². The lowest BCUT2D eigenvalue weighted by atomic mass is 9.81. The van der Waals surface area contributed by atoms with Crippen molar-refractivity contribution in [3.05, 3.63) is 47.3 Å². The highest BCUT2D eigenvalue weighted by molar-refractivity contribution is 7.86. The summed E-state index contributed by atoms with van der Waals surface area (Å²) >= 11 is 0. The van der Waals surface area contributed by atoms with E-state index in [-0.39, 0.29) is 23.2 Å². The molecule has 14 nitrogen and oxygen atoms in total. The highest BCUT2D eigenvalue weighted by Crippen LogP contribution is 2.41. The number of hydrogen-bond donors (Lipinski definition) is 5. The average Bonchev–Trinajstić information content (AvgIpc) is 3.10. The summed E-state index contributed by atoms with van der Waals surface area (Å²) in [6, 6.07) is 8.55. The zero-order chi connectivity index (χ0) is 32.9. The third kappa shape index (κ3) is 9.38. The van der Waals surface area contributed by atoms with Gasteiger partial charge in [0.2, 0.25) is 5.69 Å². The Morgan fingerprint density at radius 2 is 1.39 bits per heavy atom. The molecule has 0 fully saturated rings. The average molecular weight is 654 g/mol. The first-order chi connectivity index (χ1) is 20.4. The second kappa shape index (κ2) is 13.9. The predicted molar refractivity (Wildman–Crippen MR) is 162 cm³/mol. The summed E-state index contributed by atoms with van der Waals surface area (Å²) in [5.74, 6) is -3.88. The molecule has 0 saturated carbocycles.